The minimum Gasteiger partial charge on any atom is -0.497 e. The predicted octanol–water partition coefficient (Wildman–Crippen LogP) is 3.93. The molecule has 0 saturated heterocycles. The molecule has 142 valence electrons. The van der Waals surface area contributed by atoms with E-state index in [9.17, 15) is 0 Å². The first-order valence-corrected chi connectivity index (χ1v) is 9.47. The second-order valence-corrected chi connectivity index (χ2v) is 7.03. The molecule has 5 nitrogen and oxygen atoms in total. The van der Waals surface area contributed by atoms with E-state index in [-0.39, 0.29) is 6.04 Å². The summed E-state index contributed by atoms with van der Waals surface area (Å²) in [4.78, 5) is 8.71. The van der Waals surface area contributed by atoms with E-state index in [1.54, 1.807) is 7.11 Å². The Morgan fingerprint density at radius 2 is 1.93 bits per heavy atom. The summed E-state index contributed by atoms with van der Waals surface area (Å²) in [5.74, 6) is 0.868. The van der Waals surface area contributed by atoms with Crippen LogP contribution in [-0.4, -0.2) is 27.7 Å². The Labute approximate surface area is 164 Å². The zero-order valence-corrected chi connectivity index (χ0v) is 16.0. The van der Waals surface area contributed by atoms with Gasteiger partial charge < -0.3 is 15.0 Å². The molecular weight excluding hydrogens is 348 g/mol. The zero-order valence-electron chi connectivity index (χ0n) is 16.0. The minimum absolute atomic E-state index is 0.103. The lowest BCUT2D eigenvalue weighted by molar-refractivity contribution is 0.414. The van der Waals surface area contributed by atoms with E-state index in [1.807, 2.05) is 36.9 Å². The molecule has 0 aliphatic heterocycles. The van der Waals surface area contributed by atoms with Crippen molar-refractivity contribution in [2.75, 3.05) is 7.11 Å². The molecule has 0 aliphatic rings. The maximum absolute atomic E-state index is 6.33. The van der Waals surface area contributed by atoms with Gasteiger partial charge >= 0.3 is 0 Å². The van der Waals surface area contributed by atoms with Gasteiger partial charge in [-0.25, -0.2) is 4.98 Å². The van der Waals surface area contributed by atoms with E-state index >= 15 is 0 Å². The van der Waals surface area contributed by atoms with E-state index < -0.39 is 0 Å². The van der Waals surface area contributed by atoms with Crippen molar-refractivity contribution in [3.63, 3.8) is 0 Å². The number of pyridine rings is 1. The number of aromatic nitrogens is 3. The van der Waals surface area contributed by atoms with Crippen LogP contribution in [0.5, 0.6) is 5.75 Å². The third kappa shape index (κ3) is 4.21. The van der Waals surface area contributed by atoms with Gasteiger partial charge in [-0.15, -0.1) is 0 Å². The second-order valence-electron chi connectivity index (χ2n) is 7.03. The number of aryl methyl sites for hydroxylation is 1. The quantitative estimate of drug-likeness (QED) is 0.534. The molecule has 2 aromatic carbocycles. The summed E-state index contributed by atoms with van der Waals surface area (Å²) in [5.41, 5.74) is 9.71. The molecule has 28 heavy (non-hydrogen) atoms. The van der Waals surface area contributed by atoms with Crippen LogP contribution in [0.1, 0.15) is 17.7 Å². The van der Waals surface area contributed by atoms with E-state index in [0.29, 0.717) is 0 Å². The van der Waals surface area contributed by atoms with Crippen molar-refractivity contribution in [3.05, 3.63) is 84.7 Å². The molecule has 2 N–H and O–H groups in total. The molecule has 0 saturated carbocycles. The number of ether oxygens (including phenoxy) is 1. The summed E-state index contributed by atoms with van der Waals surface area (Å²) in [6.07, 6.45) is 10.3. The van der Waals surface area contributed by atoms with E-state index in [4.69, 9.17) is 10.5 Å². The SMILES string of the molecule is COc1ccc(C[C@H](N)CCc2cn(-c3ccc4cnccc4c3)cn2)cc1. The highest BCUT2D eigenvalue weighted by atomic mass is 16.5. The summed E-state index contributed by atoms with van der Waals surface area (Å²) in [7, 11) is 1.68. The molecule has 1 atom stereocenters. The molecule has 4 aromatic rings. The fourth-order valence-electron chi connectivity index (χ4n) is 3.36. The van der Waals surface area contributed by atoms with Crippen LogP contribution in [0.4, 0.5) is 0 Å². The fraction of sp³-hybridized carbons (Fsp3) is 0.217. The van der Waals surface area contributed by atoms with Gasteiger partial charge in [0.1, 0.15) is 5.75 Å². The van der Waals surface area contributed by atoms with E-state index in [1.165, 1.54) is 10.9 Å². The highest BCUT2D eigenvalue weighted by molar-refractivity contribution is 5.83. The van der Waals surface area contributed by atoms with Crippen molar-refractivity contribution < 1.29 is 4.74 Å². The Morgan fingerprint density at radius 1 is 1.07 bits per heavy atom. The van der Waals surface area contributed by atoms with Crippen molar-refractivity contribution in [1.82, 2.24) is 14.5 Å². The molecule has 0 radical (unpaired) electrons. The molecule has 2 heterocycles. The summed E-state index contributed by atoms with van der Waals surface area (Å²) in [6, 6.07) is 16.5. The van der Waals surface area contributed by atoms with Crippen LogP contribution in [0.15, 0.2) is 73.4 Å². The van der Waals surface area contributed by atoms with Crippen molar-refractivity contribution in [2.45, 2.75) is 25.3 Å². The highest BCUT2D eigenvalue weighted by Crippen LogP contribution is 2.18. The largest absolute Gasteiger partial charge is 0.497 e. The number of imidazole rings is 1. The minimum atomic E-state index is 0.103. The molecule has 5 heteroatoms. The summed E-state index contributed by atoms with van der Waals surface area (Å²) < 4.78 is 7.26. The van der Waals surface area contributed by atoms with Gasteiger partial charge in [0.25, 0.3) is 0 Å². The van der Waals surface area contributed by atoms with Crippen LogP contribution >= 0.6 is 0 Å². The topological polar surface area (TPSA) is 66.0 Å². The number of nitrogens with two attached hydrogens (primary N) is 1. The van der Waals surface area contributed by atoms with Crippen LogP contribution in [0, 0.1) is 0 Å². The molecule has 0 amide bonds. The van der Waals surface area contributed by atoms with Gasteiger partial charge in [-0.2, -0.15) is 0 Å². The van der Waals surface area contributed by atoms with Gasteiger partial charge in [-0.3, -0.25) is 4.98 Å². The first kappa shape index (κ1) is 18.2. The van der Waals surface area contributed by atoms with Crippen LogP contribution in [0.3, 0.4) is 0 Å². The van der Waals surface area contributed by atoms with Crippen LogP contribution < -0.4 is 10.5 Å². The Balaban J connectivity index is 1.37. The molecular formula is C23H24N4O. The van der Waals surface area contributed by atoms with Crippen molar-refractivity contribution >= 4 is 10.8 Å². The fourth-order valence-corrected chi connectivity index (χ4v) is 3.36. The van der Waals surface area contributed by atoms with Crippen LogP contribution in [0.25, 0.3) is 16.5 Å². The van der Waals surface area contributed by atoms with Gasteiger partial charge in [0.2, 0.25) is 0 Å². The standard InChI is InChI=1S/C23H24N4O/c1-28-23-8-2-17(3-9-23)12-20(24)5-6-21-15-27(16-26-21)22-7-4-19-14-25-11-10-18(19)13-22/h2-4,7-11,13-16,20H,5-6,12,24H2,1H3/t20-/m1/s1. The highest BCUT2D eigenvalue weighted by Gasteiger charge is 2.08. The average Bonchev–Trinajstić information content (AvgIpc) is 3.21. The molecule has 0 aliphatic carbocycles. The number of benzene rings is 2. The second kappa shape index (κ2) is 8.23. The van der Waals surface area contributed by atoms with Crippen molar-refractivity contribution in [3.8, 4) is 11.4 Å². The van der Waals surface area contributed by atoms with Gasteiger partial charge in [0.15, 0.2) is 0 Å². The first-order chi connectivity index (χ1) is 13.7. The lowest BCUT2D eigenvalue weighted by Gasteiger charge is -2.11. The molecule has 4 rings (SSSR count). The van der Waals surface area contributed by atoms with Crippen LogP contribution in [-0.2, 0) is 12.8 Å². The van der Waals surface area contributed by atoms with Gasteiger partial charge in [-0.05, 0) is 60.5 Å². The van der Waals surface area contributed by atoms with Gasteiger partial charge in [0.05, 0.1) is 19.1 Å². The number of hydrogen-bond donors (Lipinski definition) is 1. The molecule has 2 aromatic heterocycles. The normalized spacial score (nSPS) is 12.2. The number of methoxy groups -OCH3 is 1. The Morgan fingerprint density at radius 3 is 2.75 bits per heavy atom. The summed E-state index contributed by atoms with van der Waals surface area (Å²) in [5, 5.41) is 2.31. The first-order valence-electron chi connectivity index (χ1n) is 9.47. The molecule has 0 fully saturated rings. The van der Waals surface area contributed by atoms with Gasteiger partial charge in [-0.1, -0.05) is 18.2 Å². The maximum Gasteiger partial charge on any atom is 0.118 e. The third-order valence-corrected chi connectivity index (χ3v) is 4.99. The number of nitrogens with zero attached hydrogens (tertiary/aromatic N) is 3. The lowest BCUT2D eigenvalue weighted by Crippen LogP contribution is -2.23. The van der Waals surface area contributed by atoms with E-state index in [0.717, 1.165) is 41.8 Å². The Kier molecular flexibility index (Phi) is 5.35. The van der Waals surface area contributed by atoms with Crippen molar-refractivity contribution in [2.24, 2.45) is 5.73 Å². The number of rotatable bonds is 7. The lowest BCUT2D eigenvalue weighted by atomic mass is 10.0. The maximum atomic E-state index is 6.33. The summed E-state index contributed by atoms with van der Waals surface area (Å²) in [6.45, 7) is 0. The number of fused-ring (bicyclic) bond motifs is 1. The smallest absolute Gasteiger partial charge is 0.118 e. The Hall–Kier alpha value is -3.18. The third-order valence-electron chi connectivity index (χ3n) is 4.99. The van der Waals surface area contributed by atoms with Crippen LogP contribution in [0.2, 0.25) is 0 Å². The molecule has 0 unspecified atom stereocenters. The molecule has 0 spiro atoms. The predicted molar refractivity (Wildman–Crippen MR) is 112 cm³/mol. The average molecular weight is 372 g/mol. The monoisotopic (exact) mass is 372 g/mol. The number of hydrogen-bond acceptors (Lipinski definition) is 4. The summed E-state index contributed by atoms with van der Waals surface area (Å²) >= 11 is 0. The van der Waals surface area contributed by atoms with Gasteiger partial charge in [0, 0.05) is 35.7 Å². The Bertz CT molecular complexity index is 1060. The van der Waals surface area contributed by atoms with Crippen molar-refractivity contribution in [1.29, 1.82) is 0 Å². The molecule has 0 bridgehead atoms. The van der Waals surface area contributed by atoms with E-state index in [2.05, 4.69) is 51.1 Å². The zero-order chi connectivity index (χ0) is 19.3.